The van der Waals surface area contributed by atoms with Crippen molar-refractivity contribution in [3.8, 4) is 11.1 Å². The van der Waals surface area contributed by atoms with E-state index in [1.165, 1.54) is 4.90 Å². The first kappa shape index (κ1) is 38.5. The lowest BCUT2D eigenvalue weighted by Crippen LogP contribution is -2.54. The molecular weight excluding hydrogens is 658 g/mol. The highest BCUT2D eigenvalue weighted by Crippen LogP contribution is 2.31. The highest BCUT2D eigenvalue weighted by Gasteiger charge is 2.37. The lowest BCUT2D eigenvalue weighted by molar-refractivity contribution is -0.134. The maximum atomic E-state index is 14.1. The highest BCUT2D eigenvalue weighted by atomic mass is 16.5. The minimum Gasteiger partial charge on any atom is -0.465 e. The first-order valence-electron chi connectivity index (χ1n) is 18.2. The second-order valence-electron chi connectivity index (χ2n) is 14.5. The van der Waals surface area contributed by atoms with Gasteiger partial charge in [-0.1, -0.05) is 48.5 Å². The number of fused-ring (bicyclic) bond motifs is 1. The number of amides is 3. The molecular formula is C41H53N5O6. The van der Waals surface area contributed by atoms with Gasteiger partial charge >= 0.3 is 6.09 Å². The summed E-state index contributed by atoms with van der Waals surface area (Å²) in [6, 6.07) is 23.0. The molecule has 0 radical (unpaired) electrons. The molecule has 1 fully saturated rings. The third-order valence-electron chi connectivity index (χ3n) is 9.76. The Morgan fingerprint density at radius 2 is 1.63 bits per heavy atom. The lowest BCUT2D eigenvalue weighted by atomic mass is 9.93. The number of aryl methyl sites for hydroxylation is 1. The molecule has 1 saturated heterocycles. The number of rotatable bonds is 15. The molecule has 0 saturated carbocycles. The van der Waals surface area contributed by atoms with E-state index in [1.54, 1.807) is 26.4 Å². The Bertz CT molecular complexity index is 1800. The number of aromatic nitrogens is 2. The van der Waals surface area contributed by atoms with Crippen LogP contribution in [-0.4, -0.2) is 101 Å². The fourth-order valence-corrected chi connectivity index (χ4v) is 7.29. The largest absolute Gasteiger partial charge is 0.465 e. The number of hydrogen-bond donors (Lipinski definition) is 2. The summed E-state index contributed by atoms with van der Waals surface area (Å²) in [5.41, 5.74) is 4.76. The average Bonchev–Trinajstić information content (AvgIpc) is 3.50. The summed E-state index contributed by atoms with van der Waals surface area (Å²) >= 11 is 0. The Morgan fingerprint density at radius 3 is 2.29 bits per heavy atom. The zero-order valence-corrected chi connectivity index (χ0v) is 31.1. The standard InChI is InChI=1S/C41H53N5O6/c1-41(2,3)46(40(49)50)34(26-29-13-15-30(16-14-29)31-17-19-32(20-18-31)39(48)42-21-25-52-5)27-37(47)44-22-8-10-33(28-44)38-43-35-11-6-7-12-36(35)45(38)23-9-24-51-4/h6-7,11-20,33-34H,8-10,21-28H2,1-5H3,(H,42,48)(H,49,50)/t33-,34-/m1/s1. The van der Waals surface area contributed by atoms with E-state index in [0.717, 1.165) is 59.4 Å². The van der Waals surface area contributed by atoms with Gasteiger partial charge in [0.05, 0.1) is 17.6 Å². The number of carbonyl (C=O) groups is 3. The van der Waals surface area contributed by atoms with Gasteiger partial charge in [-0.15, -0.1) is 0 Å². The quantitative estimate of drug-likeness (QED) is 0.133. The molecule has 0 aliphatic carbocycles. The fraction of sp³-hybridized carbons (Fsp3) is 0.463. The van der Waals surface area contributed by atoms with Crippen LogP contribution in [0, 0.1) is 0 Å². The number of hydrogen-bond acceptors (Lipinski definition) is 6. The SMILES string of the molecule is COCCCn1c([C@@H]2CCCN(C(=O)C[C@@H](Cc3ccc(-c4ccc(C(=O)NCCOC)cc4)cc3)N(C(=O)O)C(C)(C)C)C2)nc2ccccc21. The number of nitrogens with zero attached hydrogens (tertiary/aromatic N) is 4. The van der Waals surface area contributed by atoms with Crippen molar-refractivity contribution in [3.63, 3.8) is 0 Å². The molecule has 1 aliphatic rings. The van der Waals surface area contributed by atoms with Crippen molar-refractivity contribution in [2.75, 3.05) is 47.1 Å². The number of piperidine rings is 1. The zero-order valence-electron chi connectivity index (χ0n) is 31.1. The first-order valence-corrected chi connectivity index (χ1v) is 18.2. The van der Waals surface area contributed by atoms with Crippen LogP contribution in [0.5, 0.6) is 0 Å². The molecule has 52 heavy (non-hydrogen) atoms. The van der Waals surface area contributed by atoms with Crippen molar-refractivity contribution >= 4 is 28.9 Å². The molecule has 2 heterocycles. The van der Waals surface area contributed by atoms with Crippen LogP contribution in [0.25, 0.3) is 22.2 Å². The monoisotopic (exact) mass is 711 g/mol. The van der Waals surface area contributed by atoms with E-state index in [1.807, 2.05) is 80.3 Å². The van der Waals surface area contributed by atoms with Crippen LogP contribution in [0.2, 0.25) is 0 Å². The van der Waals surface area contributed by atoms with Crippen molar-refractivity contribution in [1.29, 1.82) is 0 Å². The second kappa shape index (κ2) is 17.7. The van der Waals surface area contributed by atoms with Gasteiger partial charge in [0, 0.05) is 76.5 Å². The third kappa shape index (κ3) is 9.57. The summed E-state index contributed by atoms with van der Waals surface area (Å²) in [5, 5.41) is 13.2. The Balaban J connectivity index is 1.31. The van der Waals surface area contributed by atoms with E-state index >= 15 is 0 Å². The van der Waals surface area contributed by atoms with Gasteiger partial charge < -0.3 is 29.4 Å². The number of ether oxygens (including phenoxy) is 2. The second-order valence-corrected chi connectivity index (χ2v) is 14.5. The minimum absolute atomic E-state index is 0.0461. The summed E-state index contributed by atoms with van der Waals surface area (Å²) in [5.74, 6) is 0.874. The maximum absolute atomic E-state index is 14.1. The van der Waals surface area contributed by atoms with E-state index in [-0.39, 0.29) is 24.2 Å². The van der Waals surface area contributed by atoms with E-state index in [0.29, 0.717) is 44.8 Å². The molecule has 3 aromatic carbocycles. The van der Waals surface area contributed by atoms with Crippen LogP contribution in [0.1, 0.15) is 74.1 Å². The van der Waals surface area contributed by atoms with Crippen molar-refractivity contribution in [1.82, 2.24) is 24.7 Å². The van der Waals surface area contributed by atoms with Crippen LogP contribution in [0.3, 0.4) is 0 Å². The van der Waals surface area contributed by atoms with Crippen molar-refractivity contribution < 1.29 is 29.0 Å². The molecule has 0 spiro atoms. The number of para-hydroxylation sites is 2. The van der Waals surface area contributed by atoms with Gasteiger partial charge in [0.25, 0.3) is 5.91 Å². The van der Waals surface area contributed by atoms with Crippen LogP contribution < -0.4 is 5.32 Å². The zero-order chi connectivity index (χ0) is 37.3. The number of methoxy groups -OCH3 is 2. The molecule has 3 amide bonds. The van der Waals surface area contributed by atoms with E-state index in [4.69, 9.17) is 14.5 Å². The van der Waals surface area contributed by atoms with E-state index in [2.05, 4.69) is 16.0 Å². The first-order chi connectivity index (χ1) is 25.0. The lowest BCUT2D eigenvalue weighted by Gasteiger charge is -2.41. The predicted octanol–water partition coefficient (Wildman–Crippen LogP) is 6.60. The molecule has 2 atom stereocenters. The van der Waals surface area contributed by atoms with E-state index < -0.39 is 17.7 Å². The fourth-order valence-electron chi connectivity index (χ4n) is 7.29. The minimum atomic E-state index is -1.05. The van der Waals surface area contributed by atoms with Gasteiger partial charge in [0.2, 0.25) is 5.91 Å². The summed E-state index contributed by atoms with van der Waals surface area (Å²) in [4.78, 5) is 47.6. The van der Waals surface area contributed by atoms with Gasteiger partial charge in [-0.3, -0.25) is 14.5 Å². The molecule has 0 unspecified atom stereocenters. The van der Waals surface area contributed by atoms with Crippen LogP contribution >= 0.6 is 0 Å². The van der Waals surface area contributed by atoms with Crippen molar-refractivity contribution in [3.05, 3.63) is 89.7 Å². The van der Waals surface area contributed by atoms with Crippen molar-refractivity contribution in [2.24, 2.45) is 0 Å². The molecule has 11 nitrogen and oxygen atoms in total. The molecule has 4 aromatic rings. The number of imidazole rings is 1. The molecule has 11 heteroatoms. The van der Waals surface area contributed by atoms with Crippen LogP contribution in [-0.2, 0) is 27.2 Å². The Morgan fingerprint density at radius 1 is 0.962 bits per heavy atom. The van der Waals surface area contributed by atoms with Gasteiger partial charge in [0.15, 0.2) is 0 Å². The maximum Gasteiger partial charge on any atom is 0.408 e. The number of benzene rings is 3. The van der Waals surface area contributed by atoms with Crippen LogP contribution in [0.4, 0.5) is 4.79 Å². The Hall–Kier alpha value is -4.74. The van der Waals surface area contributed by atoms with E-state index in [9.17, 15) is 19.5 Å². The average molecular weight is 712 g/mol. The molecule has 1 aromatic heterocycles. The van der Waals surface area contributed by atoms with Gasteiger partial charge in [-0.05, 0) is 87.4 Å². The smallest absolute Gasteiger partial charge is 0.408 e. The molecule has 278 valence electrons. The summed E-state index contributed by atoms with van der Waals surface area (Å²) in [6.45, 7) is 9.12. The van der Waals surface area contributed by atoms with Gasteiger partial charge in [-0.25, -0.2) is 9.78 Å². The Labute approximate surface area is 306 Å². The van der Waals surface area contributed by atoms with Crippen molar-refractivity contribution in [2.45, 2.75) is 76.9 Å². The number of carbonyl (C=O) groups excluding carboxylic acids is 2. The Kier molecular flexibility index (Phi) is 13.1. The topological polar surface area (TPSA) is 126 Å². The van der Waals surface area contributed by atoms with Crippen LogP contribution in [0.15, 0.2) is 72.8 Å². The molecule has 2 N–H and O–H groups in total. The highest BCUT2D eigenvalue weighted by molar-refractivity contribution is 5.94. The number of likely N-dealkylation sites (tertiary alicyclic amines) is 1. The summed E-state index contributed by atoms with van der Waals surface area (Å²) in [7, 11) is 3.30. The summed E-state index contributed by atoms with van der Waals surface area (Å²) in [6.07, 6.45) is 2.07. The van der Waals surface area contributed by atoms with Gasteiger partial charge in [-0.2, -0.15) is 0 Å². The molecule has 0 bridgehead atoms. The number of nitrogens with one attached hydrogen (secondary N) is 1. The number of carboxylic acid groups (broad SMARTS) is 1. The van der Waals surface area contributed by atoms with Gasteiger partial charge in [0.1, 0.15) is 5.82 Å². The molecule has 5 rings (SSSR count). The normalized spacial score (nSPS) is 15.4. The third-order valence-corrected chi connectivity index (χ3v) is 9.76. The predicted molar refractivity (Wildman–Crippen MR) is 203 cm³/mol. The summed E-state index contributed by atoms with van der Waals surface area (Å²) < 4.78 is 12.6. The molecule has 1 aliphatic heterocycles.